The van der Waals surface area contributed by atoms with Crippen molar-refractivity contribution in [2.45, 2.75) is 79.3 Å². The van der Waals surface area contributed by atoms with Crippen LogP contribution in [-0.2, 0) is 0 Å². The maximum absolute atomic E-state index is 3.76. The molecule has 0 saturated carbocycles. The van der Waals surface area contributed by atoms with Crippen molar-refractivity contribution in [3.05, 3.63) is 12.2 Å². The van der Waals surface area contributed by atoms with Gasteiger partial charge in [0.1, 0.15) is 0 Å². The van der Waals surface area contributed by atoms with Crippen LogP contribution in [0.2, 0.25) is 0 Å². The van der Waals surface area contributed by atoms with Crippen LogP contribution >= 0.6 is 0 Å². The summed E-state index contributed by atoms with van der Waals surface area (Å²) in [6.45, 7) is 15.9. The number of nitrogens with one attached hydrogen (secondary N) is 1. The molecule has 0 aliphatic carbocycles. The van der Waals surface area contributed by atoms with Gasteiger partial charge in [0.25, 0.3) is 0 Å². The first-order valence-corrected chi connectivity index (χ1v) is 6.76. The molecule has 1 nitrogen and oxygen atoms in total. The Morgan fingerprint density at radius 1 is 1.06 bits per heavy atom. The van der Waals surface area contributed by atoms with Crippen LogP contribution in [0.1, 0.15) is 67.7 Å². The molecule has 1 N–H and O–H groups in total. The Bertz CT molecular complexity index is 217. The summed E-state index contributed by atoms with van der Waals surface area (Å²) in [7, 11) is 0. The third-order valence-electron chi connectivity index (χ3n) is 3.98. The van der Waals surface area contributed by atoms with E-state index in [0.29, 0.717) is 6.04 Å². The van der Waals surface area contributed by atoms with Gasteiger partial charge in [0, 0.05) is 17.0 Å². The average Bonchev–Trinajstić information content (AvgIpc) is 2.25. The molecule has 96 valence electrons. The highest BCUT2D eigenvalue weighted by atomic mass is 15.0. The summed E-state index contributed by atoms with van der Waals surface area (Å²) < 4.78 is 0. The molecule has 1 heteroatoms. The molecular weight excluding hydrogens is 194 g/mol. The van der Waals surface area contributed by atoms with Crippen LogP contribution < -0.4 is 5.32 Å². The fourth-order valence-corrected chi connectivity index (χ4v) is 1.81. The second kappa shape index (κ2) is 6.44. The van der Waals surface area contributed by atoms with Gasteiger partial charge >= 0.3 is 0 Å². The lowest BCUT2D eigenvalue weighted by atomic mass is 9.79. The van der Waals surface area contributed by atoms with E-state index in [-0.39, 0.29) is 11.0 Å². The smallest absolute Gasteiger partial charge is 0.0132 e. The van der Waals surface area contributed by atoms with Gasteiger partial charge in [0.05, 0.1) is 0 Å². The van der Waals surface area contributed by atoms with Crippen molar-refractivity contribution in [1.82, 2.24) is 5.32 Å². The number of hydrogen-bond donors (Lipinski definition) is 1. The molecule has 0 fully saturated rings. The largest absolute Gasteiger partial charge is 0.308 e. The number of allylic oxidation sites excluding steroid dienone is 1. The van der Waals surface area contributed by atoms with E-state index in [1.165, 1.54) is 6.42 Å². The maximum Gasteiger partial charge on any atom is 0.0132 e. The van der Waals surface area contributed by atoms with Gasteiger partial charge < -0.3 is 5.32 Å². The van der Waals surface area contributed by atoms with Crippen LogP contribution in [0.15, 0.2) is 12.2 Å². The van der Waals surface area contributed by atoms with Gasteiger partial charge in [0.15, 0.2) is 0 Å². The van der Waals surface area contributed by atoms with Gasteiger partial charge in [-0.25, -0.2) is 0 Å². The van der Waals surface area contributed by atoms with E-state index in [2.05, 4.69) is 65.9 Å². The quantitative estimate of drug-likeness (QED) is 0.627. The molecule has 16 heavy (non-hydrogen) atoms. The zero-order valence-electron chi connectivity index (χ0n) is 12.4. The fraction of sp³-hybridized carbons (Fsp3) is 0.867. The summed E-state index contributed by atoms with van der Waals surface area (Å²) >= 11 is 0. The van der Waals surface area contributed by atoms with Gasteiger partial charge in [-0.15, -0.1) is 0 Å². The van der Waals surface area contributed by atoms with E-state index < -0.39 is 0 Å². The first-order valence-electron chi connectivity index (χ1n) is 6.76. The SMILES string of the molecule is CCC=CC(C)(CC)C(C)NC(C)(C)CC. The molecule has 0 heterocycles. The Hall–Kier alpha value is -0.300. The summed E-state index contributed by atoms with van der Waals surface area (Å²) in [5.74, 6) is 0. The van der Waals surface area contributed by atoms with Gasteiger partial charge in [-0.05, 0) is 40.0 Å². The van der Waals surface area contributed by atoms with Crippen LogP contribution in [0.3, 0.4) is 0 Å². The lowest BCUT2D eigenvalue weighted by Crippen LogP contribution is -2.50. The Morgan fingerprint density at radius 3 is 2.00 bits per heavy atom. The molecule has 0 aromatic rings. The molecule has 0 aliphatic rings. The van der Waals surface area contributed by atoms with Crippen molar-refractivity contribution in [3.8, 4) is 0 Å². The van der Waals surface area contributed by atoms with E-state index in [0.717, 1.165) is 12.8 Å². The molecule has 0 aliphatic heterocycles. The monoisotopic (exact) mass is 225 g/mol. The van der Waals surface area contributed by atoms with Crippen LogP contribution in [0.5, 0.6) is 0 Å². The second-order valence-corrected chi connectivity index (χ2v) is 5.77. The summed E-state index contributed by atoms with van der Waals surface area (Å²) in [5.41, 5.74) is 0.498. The highest BCUT2D eigenvalue weighted by molar-refractivity contribution is 5.03. The molecule has 0 bridgehead atoms. The van der Waals surface area contributed by atoms with E-state index in [1.54, 1.807) is 0 Å². The van der Waals surface area contributed by atoms with Gasteiger partial charge in [-0.2, -0.15) is 0 Å². The predicted octanol–water partition coefficient (Wildman–Crippen LogP) is 4.54. The third kappa shape index (κ3) is 4.69. The van der Waals surface area contributed by atoms with E-state index in [1.807, 2.05) is 0 Å². The van der Waals surface area contributed by atoms with Crippen LogP contribution in [0.4, 0.5) is 0 Å². The minimum atomic E-state index is 0.232. The molecule has 0 amide bonds. The topological polar surface area (TPSA) is 12.0 Å². The lowest BCUT2D eigenvalue weighted by Gasteiger charge is -2.39. The third-order valence-corrected chi connectivity index (χ3v) is 3.98. The van der Waals surface area contributed by atoms with E-state index in [9.17, 15) is 0 Å². The van der Waals surface area contributed by atoms with Crippen molar-refractivity contribution >= 4 is 0 Å². The number of rotatable bonds is 7. The molecule has 0 aromatic carbocycles. The normalized spacial score (nSPS) is 18.7. The Morgan fingerprint density at radius 2 is 1.62 bits per heavy atom. The first-order chi connectivity index (χ1) is 7.31. The summed E-state index contributed by atoms with van der Waals surface area (Å²) in [6.07, 6.45) is 8.14. The molecular formula is C15H31N. The lowest BCUT2D eigenvalue weighted by molar-refractivity contribution is 0.224. The van der Waals surface area contributed by atoms with Gasteiger partial charge in [0.2, 0.25) is 0 Å². The van der Waals surface area contributed by atoms with E-state index in [4.69, 9.17) is 0 Å². The highest BCUT2D eigenvalue weighted by Crippen LogP contribution is 2.29. The standard InChI is InChI=1S/C15H31N/c1-8-11-12-15(7,10-3)13(4)16-14(5,6)9-2/h11-13,16H,8-10H2,1-7H3. The van der Waals surface area contributed by atoms with Crippen molar-refractivity contribution in [2.75, 3.05) is 0 Å². The zero-order chi connectivity index (χ0) is 12.8. The molecule has 2 atom stereocenters. The van der Waals surface area contributed by atoms with Crippen molar-refractivity contribution in [2.24, 2.45) is 5.41 Å². The second-order valence-electron chi connectivity index (χ2n) is 5.77. The first kappa shape index (κ1) is 15.7. The van der Waals surface area contributed by atoms with Crippen LogP contribution in [0.25, 0.3) is 0 Å². The Kier molecular flexibility index (Phi) is 6.32. The summed E-state index contributed by atoms with van der Waals surface area (Å²) in [5, 5.41) is 3.76. The zero-order valence-corrected chi connectivity index (χ0v) is 12.4. The van der Waals surface area contributed by atoms with Crippen molar-refractivity contribution in [3.63, 3.8) is 0 Å². The summed E-state index contributed by atoms with van der Waals surface area (Å²) in [6, 6.07) is 0.509. The maximum atomic E-state index is 3.76. The molecule has 2 unspecified atom stereocenters. The van der Waals surface area contributed by atoms with E-state index >= 15 is 0 Å². The fourth-order valence-electron chi connectivity index (χ4n) is 1.81. The van der Waals surface area contributed by atoms with Crippen molar-refractivity contribution < 1.29 is 0 Å². The minimum Gasteiger partial charge on any atom is -0.308 e. The molecule has 0 radical (unpaired) electrons. The average molecular weight is 225 g/mol. The number of hydrogen-bond acceptors (Lipinski definition) is 1. The van der Waals surface area contributed by atoms with Crippen molar-refractivity contribution in [1.29, 1.82) is 0 Å². The minimum absolute atomic E-state index is 0.232. The molecule has 0 spiro atoms. The van der Waals surface area contributed by atoms with Crippen LogP contribution in [-0.4, -0.2) is 11.6 Å². The molecule has 0 aromatic heterocycles. The highest BCUT2D eigenvalue weighted by Gasteiger charge is 2.29. The Balaban J connectivity index is 4.64. The Labute approximate surface area is 103 Å². The molecule has 0 rings (SSSR count). The molecule has 0 saturated heterocycles. The van der Waals surface area contributed by atoms with Gasteiger partial charge in [-0.1, -0.05) is 39.8 Å². The van der Waals surface area contributed by atoms with Gasteiger partial charge in [-0.3, -0.25) is 0 Å². The van der Waals surface area contributed by atoms with Crippen LogP contribution in [0, 0.1) is 5.41 Å². The predicted molar refractivity (Wildman–Crippen MR) is 74.8 cm³/mol. The summed E-state index contributed by atoms with van der Waals surface area (Å²) in [4.78, 5) is 0.